The van der Waals surface area contributed by atoms with E-state index < -0.39 is 0 Å². The van der Waals surface area contributed by atoms with Crippen molar-refractivity contribution in [1.29, 1.82) is 0 Å². The van der Waals surface area contributed by atoms with Gasteiger partial charge in [-0.3, -0.25) is 0 Å². The molecule has 0 aromatic heterocycles. The molecule has 2 atom stereocenters. The Bertz CT molecular complexity index is 342. The molecule has 1 aromatic rings. The minimum atomic E-state index is 0.508. The van der Waals surface area contributed by atoms with Gasteiger partial charge in [0.1, 0.15) is 0 Å². The lowest BCUT2D eigenvalue weighted by atomic mass is 10.2. The largest absolute Gasteiger partial charge is 0.399 e. The number of nitrogen functional groups attached to an aromatic ring is 1. The number of hydrogen-bond acceptors (Lipinski definition) is 2. The molecule has 76 valence electrons. The normalized spacial score (nSPS) is 24.8. The van der Waals surface area contributed by atoms with Crippen molar-refractivity contribution in [2.75, 3.05) is 11.1 Å². The summed E-state index contributed by atoms with van der Waals surface area (Å²) in [4.78, 5) is 0. The topological polar surface area (TPSA) is 38.0 Å². The Hall–Kier alpha value is -0.600. The molecule has 2 rings (SSSR count). The van der Waals surface area contributed by atoms with Gasteiger partial charge in [0.05, 0.1) is 15.7 Å². The molecule has 0 aliphatic heterocycles. The number of benzene rings is 1. The molecule has 0 spiro atoms. The van der Waals surface area contributed by atoms with Crippen LogP contribution >= 0.6 is 23.2 Å². The van der Waals surface area contributed by atoms with E-state index in [0.717, 1.165) is 5.69 Å². The number of nitrogens with two attached hydrogens (primary N) is 1. The number of anilines is 2. The van der Waals surface area contributed by atoms with Gasteiger partial charge >= 0.3 is 0 Å². The molecule has 1 aromatic carbocycles. The highest BCUT2D eigenvalue weighted by Gasteiger charge is 2.33. The summed E-state index contributed by atoms with van der Waals surface area (Å²) < 4.78 is 0. The lowest BCUT2D eigenvalue weighted by molar-refractivity contribution is 0.929. The Morgan fingerprint density at radius 2 is 1.86 bits per heavy atom. The molecule has 1 aliphatic rings. The summed E-state index contributed by atoms with van der Waals surface area (Å²) in [6, 6.07) is 3.93. The van der Waals surface area contributed by atoms with Crippen molar-refractivity contribution in [2.45, 2.75) is 19.4 Å². The van der Waals surface area contributed by atoms with Gasteiger partial charge in [0, 0.05) is 11.7 Å². The summed E-state index contributed by atoms with van der Waals surface area (Å²) in [5.74, 6) is 0.708. The zero-order valence-electron chi connectivity index (χ0n) is 7.85. The smallest absolute Gasteiger partial charge is 0.0722 e. The van der Waals surface area contributed by atoms with Crippen LogP contribution in [0.25, 0.3) is 0 Å². The highest BCUT2D eigenvalue weighted by Crippen LogP contribution is 2.39. The van der Waals surface area contributed by atoms with Gasteiger partial charge in [-0.1, -0.05) is 30.1 Å². The zero-order valence-corrected chi connectivity index (χ0v) is 9.36. The van der Waals surface area contributed by atoms with Gasteiger partial charge in [-0.25, -0.2) is 0 Å². The third kappa shape index (κ3) is 1.91. The predicted molar refractivity (Wildman–Crippen MR) is 62.1 cm³/mol. The minimum Gasteiger partial charge on any atom is -0.399 e. The maximum Gasteiger partial charge on any atom is 0.0722 e. The number of nitrogens with one attached hydrogen (secondary N) is 1. The number of rotatable bonds is 2. The lowest BCUT2D eigenvalue weighted by Crippen LogP contribution is -2.04. The van der Waals surface area contributed by atoms with Crippen LogP contribution in [0.4, 0.5) is 11.4 Å². The Morgan fingerprint density at radius 1 is 1.36 bits per heavy atom. The SMILES string of the molecule is CC1CC1Nc1c(Cl)cc(N)cc1Cl. The first-order valence-electron chi connectivity index (χ1n) is 4.59. The highest BCUT2D eigenvalue weighted by molar-refractivity contribution is 6.39. The molecule has 1 aliphatic carbocycles. The van der Waals surface area contributed by atoms with Crippen LogP contribution in [0.15, 0.2) is 12.1 Å². The molecule has 0 saturated heterocycles. The average Bonchev–Trinajstić information content (AvgIpc) is 2.74. The zero-order chi connectivity index (χ0) is 10.3. The van der Waals surface area contributed by atoms with E-state index in [4.69, 9.17) is 28.9 Å². The van der Waals surface area contributed by atoms with Gasteiger partial charge < -0.3 is 11.1 Å². The molecule has 0 radical (unpaired) electrons. The second-order valence-corrected chi connectivity index (χ2v) is 4.64. The standard InChI is InChI=1S/C10H12Cl2N2/c1-5-2-9(5)14-10-7(11)3-6(13)4-8(10)12/h3-5,9,14H,2,13H2,1H3. The summed E-state index contributed by atoms with van der Waals surface area (Å²) in [5.41, 5.74) is 7.00. The molecule has 3 N–H and O–H groups in total. The number of hydrogen-bond donors (Lipinski definition) is 2. The van der Waals surface area contributed by atoms with Crippen molar-refractivity contribution < 1.29 is 0 Å². The number of halogens is 2. The van der Waals surface area contributed by atoms with E-state index in [0.29, 0.717) is 27.7 Å². The Kier molecular flexibility index (Phi) is 2.50. The summed E-state index contributed by atoms with van der Waals surface area (Å²) in [5, 5.41) is 4.49. The first-order valence-corrected chi connectivity index (χ1v) is 5.34. The highest BCUT2D eigenvalue weighted by atomic mass is 35.5. The first kappa shape index (κ1) is 9.94. The third-order valence-electron chi connectivity index (χ3n) is 2.50. The minimum absolute atomic E-state index is 0.508. The van der Waals surface area contributed by atoms with Crippen LogP contribution in [0.1, 0.15) is 13.3 Å². The maximum atomic E-state index is 6.03. The lowest BCUT2D eigenvalue weighted by Gasteiger charge is -2.10. The summed E-state index contributed by atoms with van der Waals surface area (Å²) in [7, 11) is 0. The van der Waals surface area contributed by atoms with Gasteiger partial charge in [0.2, 0.25) is 0 Å². The molecule has 2 nitrogen and oxygen atoms in total. The van der Waals surface area contributed by atoms with Crippen molar-refractivity contribution >= 4 is 34.6 Å². The van der Waals surface area contributed by atoms with Crippen molar-refractivity contribution in [3.05, 3.63) is 22.2 Å². The van der Waals surface area contributed by atoms with Crippen molar-refractivity contribution in [2.24, 2.45) is 5.92 Å². The summed E-state index contributed by atoms with van der Waals surface area (Å²) in [6.07, 6.45) is 1.18. The van der Waals surface area contributed by atoms with Gasteiger partial charge in [-0.05, 0) is 24.5 Å². The van der Waals surface area contributed by atoms with Gasteiger partial charge in [0.15, 0.2) is 0 Å². The van der Waals surface area contributed by atoms with Crippen LogP contribution in [0.5, 0.6) is 0 Å². The average molecular weight is 231 g/mol. The summed E-state index contributed by atoms with van der Waals surface area (Å²) in [6.45, 7) is 2.19. The monoisotopic (exact) mass is 230 g/mol. The Balaban J connectivity index is 2.23. The predicted octanol–water partition coefficient (Wildman–Crippen LogP) is 3.40. The molecular weight excluding hydrogens is 219 g/mol. The van der Waals surface area contributed by atoms with Gasteiger partial charge in [-0.2, -0.15) is 0 Å². The van der Waals surface area contributed by atoms with Crippen molar-refractivity contribution in [3.8, 4) is 0 Å². The van der Waals surface area contributed by atoms with E-state index >= 15 is 0 Å². The second kappa shape index (κ2) is 3.52. The quantitative estimate of drug-likeness (QED) is 0.765. The third-order valence-corrected chi connectivity index (χ3v) is 3.10. The van der Waals surface area contributed by atoms with Crippen LogP contribution in [-0.2, 0) is 0 Å². The summed E-state index contributed by atoms with van der Waals surface area (Å²) >= 11 is 12.1. The van der Waals surface area contributed by atoms with E-state index in [9.17, 15) is 0 Å². The molecule has 0 amide bonds. The molecule has 0 heterocycles. The van der Waals surface area contributed by atoms with E-state index in [1.54, 1.807) is 12.1 Å². The second-order valence-electron chi connectivity index (χ2n) is 3.82. The van der Waals surface area contributed by atoms with E-state index in [1.165, 1.54) is 6.42 Å². The van der Waals surface area contributed by atoms with Crippen molar-refractivity contribution in [1.82, 2.24) is 0 Å². The molecule has 1 saturated carbocycles. The van der Waals surface area contributed by atoms with Gasteiger partial charge in [-0.15, -0.1) is 0 Å². The van der Waals surface area contributed by atoms with Crippen LogP contribution in [0.2, 0.25) is 10.0 Å². The van der Waals surface area contributed by atoms with E-state index in [1.807, 2.05) is 0 Å². The van der Waals surface area contributed by atoms with E-state index in [2.05, 4.69) is 12.2 Å². The van der Waals surface area contributed by atoms with Crippen molar-refractivity contribution in [3.63, 3.8) is 0 Å². The fourth-order valence-corrected chi connectivity index (χ4v) is 2.05. The Labute approximate surface area is 93.4 Å². The van der Waals surface area contributed by atoms with Crippen LogP contribution in [-0.4, -0.2) is 6.04 Å². The molecule has 0 bridgehead atoms. The van der Waals surface area contributed by atoms with E-state index in [-0.39, 0.29) is 0 Å². The molecule has 14 heavy (non-hydrogen) atoms. The molecule has 2 unspecified atom stereocenters. The molecule has 4 heteroatoms. The fourth-order valence-electron chi connectivity index (χ4n) is 1.44. The fraction of sp³-hybridized carbons (Fsp3) is 0.400. The van der Waals surface area contributed by atoms with Crippen LogP contribution < -0.4 is 11.1 Å². The van der Waals surface area contributed by atoms with Gasteiger partial charge in [0.25, 0.3) is 0 Å². The first-order chi connectivity index (χ1) is 6.58. The molecular formula is C10H12Cl2N2. The maximum absolute atomic E-state index is 6.03. The van der Waals surface area contributed by atoms with Crippen LogP contribution in [0, 0.1) is 5.92 Å². The van der Waals surface area contributed by atoms with Crippen LogP contribution in [0.3, 0.4) is 0 Å². The Morgan fingerprint density at radius 3 is 2.29 bits per heavy atom. The molecule has 1 fully saturated rings.